The summed E-state index contributed by atoms with van der Waals surface area (Å²) < 4.78 is 22.8. The minimum atomic E-state index is -0.401. The Kier molecular flexibility index (Phi) is 5.57. The molecular formula is C19H13Cl2FN4OS. The second kappa shape index (κ2) is 8.26. The number of nitrogens with one attached hydrogen (secondary N) is 2. The van der Waals surface area contributed by atoms with Crippen LogP contribution in [0, 0.1) is 5.82 Å². The number of fused-ring (bicyclic) bond motifs is 1. The van der Waals surface area contributed by atoms with Crippen LogP contribution in [0.1, 0.15) is 5.69 Å². The van der Waals surface area contributed by atoms with E-state index < -0.39 is 5.82 Å². The molecule has 142 valence electrons. The lowest BCUT2D eigenvalue weighted by molar-refractivity contribution is 0.484. The Morgan fingerprint density at radius 3 is 2.75 bits per heavy atom. The van der Waals surface area contributed by atoms with Gasteiger partial charge in [-0.1, -0.05) is 35.3 Å². The number of nitrogens with zero attached hydrogens (tertiary/aromatic N) is 2. The van der Waals surface area contributed by atoms with Crippen molar-refractivity contribution < 1.29 is 9.13 Å². The van der Waals surface area contributed by atoms with Crippen LogP contribution >= 0.6 is 35.1 Å². The fourth-order valence-corrected chi connectivity index (χ4v) is 3.56. The third kappa shape index (κ3) is 4.01. The van der Waals surface area contributed by atoms with E-state index in [2.05, 4.69) is 20.0 Å². The summed E-state index contributed by atoms with van der Waals surface area (Å²) in [5, 5.41) is 4.04. The van der Waals surface area contributed by atoms with Gasteiger partial charge in [0.2, 0.25) is 5.96 Å². The van der Waals surface area contributed by atoms with Crippen LogP contribution in [-0.2, 0) is 6.54 Å². The molecule has 1 aliphatic heterocycles. The first-order valence-electron chi connectivity index (χ1n) is 8.20. The van der Waals surface area contributed by atoms with Gasteiger partial charge in [-0.3, -0.25) is 9.71 Å². The van der Waals surface area contributed by atoms with Gasteiger partial charge in [-0.05, 0) is 48.3 Å². The van der Waals surface area contributed by atoms with E-state index >= 15 is 0 Å². The number of para-hydroxylation sites is 1. The van der Waals surface area contributed by atoms with E-state index in [4.69, 9.17) is 27.9 Å². The molecule has 3 aromatic rings. The van der Waals surface area contributed by atoms with E-state index in [0.717, 1.165) is 4.90 Å². The zero-order valence-electron chi connectivity index (χ0n) is 14.2. The maximum absolute atomic E-state index is 13.8. The number of benzene rings is 2. The minimum absolute atomic E-state index is 0.0825. The highest BCUT2D eigenvalue weighted by Crippen LogP contribution is 2.44. The molecule has 0 fully saturated rings. The molecule has 0 saturated heterocycles. The maximum Gasteiger partial charge on any atom is 0.206 e. The van der Waals surface area contributed by atoms with Gasteiger partial charge in [-0.15, -0.1) is 0 Å². The fraction of sp³-hybridized carbons (Fsp3) is 0.0526. The Labute approximate surface area is 175 Å². The van der Waals surface area contributed by atoms with E-state index in [9.17, 15) is 4.39 Å². The molecule has 0 saturated carbocycles. The Bertz CT molecular complexity index is 1060. The number of ether oxygens (including phenoxy) is 1. The van der Waals surface area contributed by atoms with Crippen molar-refractivity contribution >= 4 is 46.8 Å². The Hall–Kier alpha value is -2.48. The molecule has 9 heteroatoms. The molecule has 0 aliphatic carbocycles. The predicted octanol–water partition coefficient (Wildman–Crippen LogP) is 5.90. The lowest BCUT2D eigenvalue weighted by atomic mass is 10.2. The minimum Gasteiger partial charge on any atom is -0.452 e. The molecule has 0 unspecified atom stereocenters. The summed E-state index contributed by atoms with van der Waals surface area (Å²) in [5.74, 6) is 0.951. The highest BCUT2D eigenvalue weighted by molar-refractivity contribution is 7.98. The molecule has 1 aromatic heterocycles. The van der Waals surface area contributed by atoms with E-state index in [1.54, 1.807) is 18.2 Å². The Morgan fingerprint density at radius 1 is 1.07 bits per heavy atom. The van der Waals surface area contributed by atoms with Crippen LogP contribution in [0.2, 0.25) is 10.0 Å². The SMILES string of the molecule is Fc1cccnc1CN=C1NSc2ccc(Cl)c(Oc3ccccc3Cl)c2N1. The number of hydrogen-bond acceptors (Lipinski definition) is 4. The summed E-state index contributed by atoms with van der Waals surface area (Å²) in [5.41, 5.74) is 0.907. The van der Waals surface area contributed by atoms with Crippen molar-refractivity contribution in [2.24, 2.45) is 4.99 Å². The average Bonchev–Trinajstić information content (AvgIpc) is 2.71. The standard InChI is InChI=1S/C19H13Cl2FN4OS/c20-11-4-1-2-6-15(11)27-18-12(21)7-8-16-17(18)25-19(26-28-16)24-10-14-13(22)5-3-9-23-14/h1-9H,10H2,(H2,24,25,26). The van der Waals surface area contributed by atoms with Gasteiger partial charge in [-0.2, -0.15) is 0 Å². The summed E-state index contributed by atoms with van der Waals surface area (Å²) in [6, 6.07) is 13.6. The summed E-state index contributed by atoms with van der Waals surface area (Å²) in [6.07, 6.45) is 1.53. The lowest BCUT2D eigenvalue weighted by Crippen LogP contribution is -2.29. The number of hydrogen-bond donors (Lipinski definition) is 2. The van der Waals surface area contributed by atoms with Crippen molar-refractivity contribution in [3.63, 3.8) is 0 Å². The van der Waals surface area contributed by atoms with Gasteiger partial charge >= 0.3 is 0 Å². The highest BCUT2D eigenvalue weighted by Gasteiger charge is 2.22. The summed E-state index contributed by atoms with van der Waals surface area (Å²) in [4.78, 5) is 9.22. The molecule has 2 heterocycles. The van der Waals surface area contributed by atoms with Gasteiger partial charge in [0, 0.05) is 6.20 Å². The predicted molar refractivity (Wildman–Crippen MR) is 111 cm³/mol. The van der Waals surface area contributed by atoms with Crippen molar-refractivity contribution in [3.8, 4) is 11.5 Å². The summed E-state index contributed by atoms with van der Waals surface area (Å²) >= 11 is 13.9. The zero-order valence-corrected chi connectivity index (χ0v) is 16.6. The van der Waals surface area contributed by atoms with E-state index in [1.807, 2.05) is 18.2 Å². The molecule has 0 radical (unpaired) electrons. The number of anilines is 1. The molecule has 2 N–H and O–H groups in total. The van der Waals surface area contributed by atoms with Gasteiger partial charge in [0.15, 0.2) is 5.75 Å². The fourth-order valence-electron chi connectivity index (χ4n) is 2.49. The monoisotopic (exact) mass is 434 g/mol. The van der Waals surface area contributed by atoms with Crippen LogP contribution in [0.25, 0.3) is 0 Å². The summed E-state index contributed by atoms with van der Waals surface area (Å²) in [6.45, 7) is 0.0825. The van der Waals surface area contributed by atoms with E-state index in [0.29, 0.717) is 33.2 Å². The third-order valence-electron chi connectivity index (χ3n) is 3.84. The molecule has 0 bridgehead atoms. The van der Waals surface area contributed by atoms with Crippen molar-refractivity contribution in [1.82, 2.24) is 9.71 Å². The van der Waals surface area contributed by atoms with Crippen LogP contribution in [0.5, 0.6) is 11.5 Å². The first kappa shape index (κ1) is 18.9. The van der Waals surface area contributed by atoms with Crippen LogP contribution in [0.15, 0.2) is 64.6 Å². The van der Waals surface area contributed by atoms with Gasteiger partial charge in [-0.25, -0.2) is 9.38 Å². The number of aromatic nitrogens is 1. The highest BCUT2D eigenvalue weighted by atomic mass is 35.5. The quantitative estimate of drug-likeness (QED) is 0.500. The smallest absolute Gasteiger partial charge is 0.206 e. The Morgan fingerprint density at radius 2 is 1.93 bits per heavy atom. The number of halogens is 3. The van der Waals surface area contributed by atoms with E-state index in [-0.39, 0.29) is 12.2 Å². The number of aliphatic imine (C=N–C) groups is 1. The third-order valence-corrected chi connectivity index (χ3v) is 5.31. The number of pyridine rings is 1. The molecule has 2 aromatic carbocycles. The number of guanidine groups is 1. The second-order valence-corrected chi connectivity index (χ2v) is 7.37. The second-order valence-electron chi connectivity index (χ2n) is 5.71. The van der Waals surface area contributed by atoms with Crippen molar-refractivity contribution in [2.45, 2.75) is 11.4 Å². The molecule has 28 heavy (non-hydrogen) atoms. The molecule has 4 rings (SSSR count). The van der Waals surface area contributed by atoms with Gasteiger partial charge in [0.05, 0.1) is 27.2 Å². The van der Waals surface area contributed by atoms with Crippen LogP contribution in [0.3, 0.4) is 0 Å². The first-order valence-corrected chi connectivity index (χ1v) is 9.77. The van der Waals surface area contributed by atoms with Gasteiger partial charge in [0.1, 0.15) is 17.3 Å². The summed E-state index contributed by atoms with van der Waals surface area (Å²) in [7, 11) is 0. The van der Waals surface area contributed by atoms with Gasteiger partial charge in [0.25, 0.3) is 0 Å². The van der Waals surface area contributed by atoms with Crippen LogP contribution in [0.4, 0.5) is 10.1 Å². The molecule has 0 amide bonds. The van der Waals surface area contributed by atoms with Crippen molar-refractivity contribution in [1.29, 1.82) is 0 Å². The van der Waals surface area contributed by atoms with E-state index in [1.165, 1.54) is 30.3 Å². The Balaban J connectivity index is 1.62. The largest absolute Gasteiger partial charge is 0.452 e. The molecular weight excluding hydrogens is 422 g/mol. The lowest BCUT2D eigenvalue weighted by Gasteiger charge is -2.23. The number of rotatable bonds is 4. The normalized spacial score (nSPS) is 14.2. The molecule has 5 nitrogen and oxygen atoms in total. The van der Waals surface area contributed by atoms with Crippen LogP contribution in [-0.4, -0.2) is 10.9 Å². The van der Waals surface area contributed by atoms with Gasteiger partial charge < -0.3 is 10.1 Å². The van der Waals surface area contributed by atoms with Crippen LogP contribution < -0.4 is 14.8 Å². The molecule has 1 aliphatic rings. The first-order chi connectivity index (χ1) is 13.6. The molecule has 0 spiro atoms. The maximum atomic E-state index is 13.8. The van der Waals surface area contributed by atoms with Crippen molar-refractivity contribution in [3.05, 3.63) is 76.3 Å². The average molecular weight is 435 g/mol. The molecule has 0 atom stereocenters. The zero-order chi connectivity index (χ0) is 19.5. The van der Waals surface area contributed by atoms with Crippen molar-refractivity contribution in [2.75, 3.05) is 5.32 Å². The topological polar surface area (TPSA) is 58.5 Å².